The topological polar surface area (TPSA) is 51.2 Å². The first-order valence-corrected chi connectivity index (χ1v) is 7.70. The number of hydrogen-bond acceptors (Lipinski definition) is 4. The van der Waals surface area contributed by atoms with Crippen LogP contribution in [0.5, 0.6) is 0 Å². The van der Waals surface area contributed by atoms with E-state index in [0.717, 1.165) is 11.3 Å². The maximum Gasteiger partial charge on any atom is 0.215 e. The van der Waals surface area contributed by atoms with Crippen molar-refractivity contribution in [3.63, 3.8) is 0 Å². The molecule has 0 aliphatic carbocycles. The summed E-state index contributed by atoms with van der Waals surface area (Å²) >= 11 is 6.69. The molecule has 0 aliphatic rings. The van der Waals surface area contributed by atoms with E-state index in [1.807, 2.05) is 0 Å². The molecule has 0 radical (unpaired) electrons. The Morgan fingerprint density at radius 2 is 1.72 bits per heavy atom. The normalized spacial score (nSPS) is 11.4. The average Bonchev–Trinajstić information content (AvgIpc) is 2.79. The first kappa shape index (κ1) is 13.3. The predicted octanol–water partition coefficient (Wildman–Crippen LogP) is 3.44. The van der Waals surface area contributed by atoms with E-state index in [4.69, 9.17) is 11.6 Å². The number of thiophene rings is 1. The van der Waals surface area contributed by atoms with Crippen molar-refractivity contribution in [3.8, 4) is 0 Å². The second kappa shape index (κ2) is 4.84. The summed E-state index contributed by atoms with van der Waals surface area (Å²) in [6, 6.07) is 8.92. The van der Waals surface area contributed by atoms with Gasteiger partial charge in [-0.05, 0) is 43.3 Å². The summed E-state index contributed by atoms with van der Waals surface area (Å²) < 4.78 is 24.6. The van der Waals surface area contributed by atoms with Crippen LogP contribution in [-0.2, 0) is 9.84 Å². The quantitative estimate of drug-likeness (QED) is 0.816. The van der Waals surface area contributed by atoms with Crippen molar-refractivity contribution in [2.75, 3.05) is 0 Å². The number of ketones is 1. The van der Waals surface area contributed by atoms with Crippen LogP contribution in [-0.4, -0.2) is 14.2 Å². The van der Waals surface area contributed by atoms with Gasteiger partial charge in [0.15, 0.2) is 5.78 Å². The molecule has 94 valence electrons. The van der Waals surface area contributed by atoms with Crippen LogP contribution in [0.3, 0.4) is 0 Å². The second-order valence-corrected chi connectivity index (χ2v) is 7.33. The van der Waals surface area contributed by atoms with Crippen LogP contribution in [0.25, 0.3) is 0 Å². The van der Waals surface area contributed by atoms with Crippen LogP contribution in [0.1, 0.15) is 16.6 Å². The fourth-order valence-electron chi connectivity index (χ4n) is 1.38. The molecule has 3 nitrogen and oxygen atoms in total. The Balaban J connectivity index is 2.47. The minimum absolute atomic E-state index is 0.141. The first-order valence-electron chi connectivity index (χ1n) is 5.02. The van der Waals surface area contributed by atoms with Gasteiger partial charge in [0.25, 0.3) is 0 Å². The van der Waals surface area contributed by atoms with Gasteiger partial charge >= 0.3 is 0 Å². The van der Waals surface area contributed by atoms with Gasteiger partial charge in [-0.25, -0.2) is 8.42 Å². The molecule has 1 heterocycles. The summed E-state index contributed by atoms with van der Waals surface area (Å²) in [5, 5.41) is 0.476. The third-order valence-corrected chi connectivity index (χ3v) is 6.02. The van der Waals surface area contributed by atoms with Crippen LogP contribution in [0.15, 0.2) is 45.5 Å². The number of carbonyl (C=O) groups excluding carboxylic acids is 1. The van der Waals surface area contributed by atoms with Gasteiger partial charge in [0.2, 0.25) is 9.84 Å². The van der Waals surface area contributed by atoms with E-state index in [2.05, 4.69) is 0 Å². The van der Waals surface area contributed by atoms with Gasteiger partial charge in [-0.1, -0.05) is 11.6 Å². The number of rotatable bonds is 3. The Bertz CT molecular complexity index is 684. The summed E-state index contributed by atoms with van der Waals surface area (Å²) in [4.78, 5) is 11.8. The minimum Gasteiger partial charge on any atom is -0.294 e. The summed E-state index contributed by atoms with van der Waals surface area (Å²) in [6.45, 7) is 1.41. The molecular weight excluding hydrogens is 292 g/mol. The highest BCUT2D eigenvalue weighted by Gasteiger charge is 2.20. The molecule has 1 aromatic carbocycles. The van der Waals surface area contributed by atoms with Gasteiger partial charge in [0.05, 0.1) is 9.77 Å². The molecular formula is C12H9ClO3S2. The van der Waals surface area contributed by atoms with E-state index < -0.39 is 9.84 Å². The van der Waals surface area contributed by atoms with Crippen LogP contribution < -0.4 is 0 Å². The lowest BCUT2D eigenvalue weighted by Crippen LogP contribution is -1.98. The number of carbonyl (C=O) groups is 1. The zero-order chi connectivity index (χ0) is 13.3. The van der Waals surface area contributed by atoms with E-state index in [1.54, 1.807) is 0 Å². The summed E-state index contributed by atoms with van der Waals surface area (Å²) in [5.41, 5.74) is 0. The lowest BCUT2D eigenvalue weighted by molar-refractivity contribution is 0.102. The summed E-state index contributed by atoms with van der Waals surface area (Å²) in [6.07, 6.45) is 0. The predicted molar refractivity (Wildman–Crippen MR) is 71.2 cm³/mol. The van der Waals surface area contributed by atoms with E-state index in [0.29, 0.717) is 9.90 Å². The highest BCUT2D eigenvalue weighted by atomic mass is 35.5. The zero-order valence-corrected chi connectivity index (χ0v) is 11.8. The molecule has 2 aromatic rings. The maximum atomic E-state index is 12.2. The molecule has 0 fully saturated rings. The van der Waals surface area contributed by atoms with Crippen molar-refractivity contribution in [1.82, 2.24) is 0 Å². The molecule has 0 amide bonds. The Labute approximate surface area is 114 Å². The zero-order valence-electron chi connectivity index (χ0n) is 9.38. The molecule has 0 saturated carbocycles. The fraction of sp³-hybridized carbons (Fsp3) is 0.0833. The molecule has 0 atom stereocenters. The van der Waals surface area contributed by atoms with Gasteiger partial charge in [0.1, 0.15) is 4.21 Å². The lowest BCUT2D eigenvalue weighted by atomic mass is 10.4. The van der Waals surface area contributed by atoms with Crippen molar-refractivity contribution >= 4 is 38.6 Å². The number of hydrogen-bond donors (Lipinski definition) is 0. The van der Waals surface area contributed by atoms with E-state index in [-0.39, 0.29) is 14.9 Å². The van der Waals surface area contributed by atoms with Gasteiger partial charge in [-0.15, -0.1) is 11.3 Å². The van der Waals surface area contributed by atoms with Crippen molar-refractivity contribution in [2.24, 2.45) is 0 Å². The number of Topliss-reactive ketones (excluding diaryl/α,β-unsaturated/α-hetero) is 1. The Morgan fingerprint density at radius 3 is 2.22 bits per heavy atom. The Hall–Kier alpha value is -1.17. The van der Waals surface area contributed by atoms with Crippen molar-refractivity contribution in [1.29, 1.82) is 0 Å². The van der Waals surface area contributed by atoms with Gasteiger partial charge < -0.3 is 0 Å². The maximum absolute atomic E-state index is 12.2. The number of sulfone groups is 1. The molecule has 0 spiro atoms. The van der Waals surface area contributed by atoms with Crippen LogP contribution >= 0.6 is 22.9 Å². The van der Waals surface area contributed by atoms with Crippen LogP contribution in [0.4, 0.5) is 0 Å². The number of halogens is 1. The highest BCUT2D eigenvalue weighted by molar-refractivity contribution is 7.93. The Kier molecular flexibility index (Phi) is 3.56. The molecule has 0 unspecified atom stereocenters. The fourth-order valence-corrected chi connectivity index (χ4v) is 4.11. The number of benzene rings is 1. The third-order valence-electron chi connectivity index (χ3n) is 2.32. The van der Waals surface area contributed by atoms with Crippen LogP contribution in [0.2, 0.25) is 5.02 Å². The van der Waals surface area contributed by atoms with Crippen molar-refractivity contribution in [3.05, 3.63) is 46.3 Å². The molecule has 18 heavy (non-hydrogen) atoms. The van der Waals surface area contributed by atoms with E-state index in [9.17, 15) is 13.2 Å². The minimum atomic E-state index is -3.56. The third kappa shape index (κ3) is 2.48. The summed E-state index contributed by atoms with van der Waals surface area (Å²) in [7, 11) is -3.56. The SMILES string of the molecule is CC(=O)c1ccc(S(=O)(=O)c2ccc(Cl)cc2)s1. The molecule has 6 heteroatoms. The largest absolute Gasteiger partial charge is 0.294 e. The van der Waals surface area contributed by atoms with Gasteiger partial charge in [-0.3, -0.25) is 4.79 Å². The van der Waals surface area contributed by atoms with Gasteiger partial charge in [-0.2, -0.15) is 0 Å². The average molecular weight is 301 g/mol. The van der Waals surface area contributed by atoms with Crippen molar-refractivity contribution < 1.29 is 13.2 Å². The van der Waals surface area contributed by atoms with Crippen molar-refractivity contribution in [2.45, 2.75) is 16.0 Å². The summed E-state index contributed by atoms with van der Waals surface area (Å²) in [5.74, 6) is -0.141. The smallest absolute Gasteiger partial charge is 0.215 e. The van der Waals surface area contributed by atoms with E-state index >= 15 is 0 Å². The molecule has 1 aromatic heterocycles. The second-order valence-electron chi connectivity index (χ2n) is 3.63. The molecule has 2 rings (SSSR count). The first-order chi connectivity index (χ1) is 8.41. The standard InChI is InChI=1S/C12H9ClO3S2/c1-8(14)11-6-7-12(17-11)18(15,16)10-4-2-9(13)3-5-10/h2-7H,1H3. The van der Waals surface area contributed by atoms with Gasteiger partial charge in [0, 0.05) is 5.02 Å². The molecule has 0 bridgehead atoms. The monoisotopic (exact) mass is 300 g/mol. The molecule has 0 saturated heterocycles. The van der Waals surface area contributed by atoms with Crippen LogP contribution in [0, 0.1) is 0 Å². The van der Waals surface area contributed by atoms with E-state index in [1.165, 1.54) is 43.3 Å². The molecule has 0 N–H and O–H groups in total. The Morgan fingerprint density at radius 1 is 1.11 bits per heavy atom. The highest BCUT2D eigenvalue weighted by Crippen LogP contribution is 2.28. The lowest BCUT2D eigenvalue weighted by Gasteiger charge is -2.01. The molecule has 0 aliphatic heterocycles.